The molecule has 0 spiro atoms. The fourth-order valence-electron chi connectivity index (χ4n) is 3.21. The highest BCUT2D eigenvalue weighted by molar-refractivity contribution is 4.82. The van der Waals surface area contributed by atoms with Crippen molar-refractivity contribution in [3.8, 4) is 0 Å². The third-order valence-corrected chi connectivity index (χ3v) is 4.72. The van der Waals surface area contributed by atoms with Gasteiger partial charge >= 0.3 is 0 Å². The Morgan fingerprint density at radius 1 is 0.667 bits per heavy atom. The molecule has 0 amide bonds. The molecule has 1 atom stereocenters. The first-order valence-corrected chi connectivity index (χ1v) is 9.83. The standard InChI is InChI=1S/C21H47N3/c1-20(2,3)17-19(21(4,5)6)18-24(15-11-13-22(7)8)16-12-14-23(9)10/h19H,11-18H2,1-10H3. The minimum absolute atomic E-state index is 0.370. The average molecular weight is 342 g/mol. The smallest absolute Gasteiger partial charge is 0.00149 e. The van der Waals surface area contributed by atoms with E-state index in [0.717, 1.165) is 5.92 Å². The topological polar surface area (TPSA) is 9.72 Å². The van der Waals surface area contributed by atoms with Crippen LogP contribution in [0.3, 0.4) is 0 Å². The normalized spacial score (nSPS) is 14.9. The van der Waals surface area contributed by atoms with Crippen molar-refractivity contribution >= 4 is 0 Å². The van der Waals surface area contributed by atoms with Crippen LogP contribution in [-0.2, 0) is 0 Å². The molecule has 0 aromatic heterocycles. The van der Waals surface area contributed by atoms with Gasteiger partial charge in [0.25, 0.3) is 0 Å². The molecule has 0 rings (SSSR count). The van der Waals surface area contributed by atoms with Crippen molar-refractivity contribution in [2.75, 3.05) is 60.9 Å². The Kier molecular flexibility index (Phi) is 10.7. The van der Waals surface area contributed by atoms with E-state index in [9.17, 15) is 0 Å². The number of hydrogen-bond donors (Lipinski definition) is 0. The van der Waals surface area contributed by atoms with Crippen LogP contribution in [0.4, 0.5) is 0 Å². The third kappa shape index (κ3) is 13.2. The van der Waals surface area contributed by atoms with E-state index < -0.39 is 0 Å². The summed E-state index contributed by atoms with van der Waals surface area (Å²) in [4.78, 5) is 7.33. The number of rotatable bonds is 11. The van der Waals surface area contributed by atoms with Gasteiger partial charge in [0.05, 0.1) is 0 Å². The van der Waals surface area contributed by atoms with Crippen molar-refractivity contribution in [1.82, 2.24) is 14.7 Å². The van der Waals surface area contributed by atoms with Gasteiger partial charge in [0, 0.05) is 6.54 Å². The van der Waals surface area contributed by atoms with Gasteiger partial charge in [0.1, 0.15) is 0 Å². The second kappa shape index (κ2) is 10.8. The zero-order valence-corrected chi connectivity index (χ0v) is 18.6. The highest BCUT2D eigenvalue weighted by Crippen LogP contribution is 2.36. The molecule has 0 radical (unpaired) electrons. The summed E-state index contributed by atoms with van der Waals surface area (Å²) in [6, 6.07) is 0. The van der Waals surface area contributed by atoms with Crippen LogP contribution >= 0.6 is 0 Å². The Balaban J connectivity index is 4.79. The lowest BCUT2D eigenvalue weighted by atomic mass is 9.72. The van der Waals surface area contributed by atoms with Crippen LogP contribution in [0.5, 0.6) is 0 Å². The molecule has 0 aromatic carbocycles. The molecular formula is C21H47N3. The Labute approximate surface area is 153 Å². The monoisotopic (exact) mass is 341 g/mol. The van der Waals surface area contributed by atoms with Gasteiger partial charge in [-0.3, -0.25) is 0 Å². The lowest BCUT2D eigenvalue weighted by Crippen LogP contribution is -2.39. The summed E-state index contributed by atoms with van der Waals surface area (Å²) < 4.78 is 0. The quantitative estimate of drug-likeness (QED) is 0.555. The predicted molar refractivity (Wildman–Crippen MR) is 110 cm³/mol. The second-order valence-electron chi connectivity index (χ2n) is 10.4. The van der Waals surface area contributed by atoms with Crippen LogP contribution in [-0.4, -0.2) is 75.6 Å². The van der Waals surface area contributed by atoms with E-state index in [0.29, 0.717) is 10.8 Å². The molecule has 24 heavy (non-hydrogen) atoms. The van der Waals surface area contributed by atoms with Crippen molar-refractivity contribution in [3.05, 3.63) is 0 Å². The van der Waals surface area contributed by atoms with Crippen LogP contribution in [0, 0.1) is 16.7 Å². The molecule has 146 valence electrons. The van der Waals surface area contributed by atoms with Crippen molar-refractivity contribution in [3.63, 3.8) is 0 Å². The molecule has 0 heterocycles. The van der Waals surface area contributed by atoms with Crippen molar-refractivity contribution in [1.29, 1.82) is 0 Å². The minimum atomic E-state index is 0.370. The average Bonchev–Trinajstić information content (AvgIpc) is 2.33. The molecule has 0 bridgehead atoms. The molecule has 0 saturated heterocycles. The zero-order valence-electron chi connectivity index (χ0n) is 18.6. The van der Waals surface area contributed by atoms with Crippen LogP contribution in [0.1, 0.15) is 60.8 Å². The van der Waals surface area contributed by atoms with Crippen LogP contribution in [0.2, 0.25) is 0 Å². The van der Waals surface area contributed by atoms with E-state index in [-0.39, 0.29) is 0 Å². The molecule has 0 aliphatic rings. The Morgan fingerprint density at radius 3 is 1.38 bits per heavy atom. The zero-order chi connectivity index (χ0) is 19.0. The summed E-state index contributed by atoms with van der Waals surface area (Å²) in [5, 5.41) is 0. The first-order valence-electron chi connectivity index (χ1n) is 9.83. The SMILES string of the molecule is CN(C)CCCN(CCCN(C)C)CC(CC(C)(C)C)C(C)(C)C. The second-order valence-corrected chi connectivity index (χ2v) is 10.4. The van der Waals surface area contributed by atoms with Crippen LogP contribution in [0.25, 0.3) is 0 Å². The first kappa shape index (κ1) is 23.9. The van der Waals surface area contributed by atoms with Gasteiger partial charge in [-0.25, -0.2) is 0 Å². The maximum atomic E-state index is 2.73. The largest absolute Gasteiger partial charge is 0.309 e. The van der Waals surface area contributed by atoms with E-state index in [1.165, 1.54) is 52.0 Å². The van der Waals surface area contributed by atoms with E-state index in [1.54, 1.807) is 0 Å². The van der Waals surface area contributed by atoms with E-state index in [2.05, 4.69) is 84.4 Å². The lowest BCUT2D eigenvalue weighted by Gasteiger charge is -2.39. The van der Waals surface area contributed by atoms with Gasteiger partial charge in [-0.2, -0.15) is 0 Å². The minimum Gasteiger partial charge on any atom is -0.309 e. The lowest BCUT2D eigenvalue weighted by molar-refractivity contribution is 0.103. The van der Waals surface area contributed by atoms with Crippen LogP contribution < -0.4 is 0 Å². The Morgan fingerprint density at radius 2 is 1.08 bits per heavy atom. The molecule has 0 N–H and O–H groups in total. The summed E-state index contributed by atoms with van der Waals surface area (Å²) in [5.74, 6) is 0.746. The number of nitrogens with zero attached hydrogens (tertiary/aromatic N) is 3. The molecule has 0 saturated carbocycles. The van der Waals surface area contributed by atoms with Gasteiger partial charge in [-0.1, -0.05) is 41.5 Å². The fraction of sp³-hybridized carbons (Fsp3) is 1.00. The van der Waals surface area contributed by atoms with Gasteiger partial charge in [0.2, 0.25) is 0 Å². The summed E-state index contributed by atoms with van der Waals surface area (Å²) in [6.45, 7) is 20.5. The highest BCUT2D eigenvalue weighted by atomic mass is 15.1. The maximum Gasteiger partial charge on any atom is 0.00149 e. The molecular weight excluding hydrogens is 294 g/mol. The highest BCUT2D eigenvalue weighted by Gasteiger charge is 2.30. The fourth-order valence-corrected chi connectivity index (χ4v) is 3.21. The summed E-state index contributed by atoms with van der Waals surface area (Å²) >= 11 is 0. The molecule has 0 aromatic rings. The van der Waals surface area contributed by atoms with Crippen molar-refractivity contribution in [2.24, 2.45) is 16.7 Å². The summed E-state index contributed by atoms with van der Waals surface area (Å²) in [5.41, 5.74) is 0.769. The van der Waals surface area contributed by atoms with Gasteiger partial charge in [0.15, 0.2) is 0 Å². The van der Waals surface area contributed by atoms with Crippen molar-refractivity contribution < 1.29 is 0 Å². The summed E-state index contributed by atoms with van der Waals surface area (Å²) in [7, 11) is 8.70. The van der Waals surface area contributed by atoms with Gasteiger partial charge in [-0.05, 0) is 90.4 Å². The molecule has 0 aliphatic heterocycles. The third-order valence-electron chi connectivity index (χ3n) is 4.72. The van der Waals surface area contributed by atoms with Gasteiger partial charge < -0.3 is 14.7 Å². The molecule has 3 heteroatoms. The Bertz CT molecular complexity index is 296. The van der Waals surface area contributed by atoms with Crippen molar-refractivity contribution in [2.45, 2.75) is 60.8 Å². The van der Waals surface area contributed by atoms with E-state index in [4.69, 9.17) is 0 Å². The molecule has 0 fully saturated rings. The molecule has 0 aliphatic carbocycles. The number of hydrogen-bond acceptors (Lipinski definition) is 3. The van der Waals surface area contributed by atoms with E-state index >= 15 is 0 Å². The maximum absolute atomic E-state index is 2.73. The van der Waals surface area contributed by atoms with Crippen LogP contribution in [0.15, 0.2) is 0 Å². The Hall–Kier alpha value is -0.120. The predicted octanol–water partition coefficient (Wildman–Crippen LogP) is 4.29. The van der Waals surface area contributed by atoms with Gasteiger partial charge in [-0.15, -0.1) is 0 Å². The summed E-state index contributed by atoms with van der Waals surface area (Å²) in [6.07, 6.45) is 3.83. The molecule has 1 unspecified atom stereocenters. The molecule has 3 nitrogen and oxygen atoms in total. The van der Waals surface area contributed by atoms with E-state index in [1.807, 2.05) is 0 Å². The first-order chi connectivity index (χ1) is 10.8.